The van der Waals surface area contributed by atoms with Gasteiger partial charge in [0.2, 0.25) is 0 Å². The van der Waals surface area contributed by atoms with E-state index in [0.29, 0.717) is 12.2 Å². The van der Waals surface area contributed by atoms with Crippen molar-refractivity contribution >= 4 is 0 Å². The molecule has 0 saturated carbocycles. The van der Waals surface area contributed by atoms with Gasteiger partial charge in [-0.25, -0.2) is 0 Å². The molecule has 10 heavy (non-hydrogen) atoms. The molecule has 60 valence electrons. The normalized spacial score (nSPS) is 34.8. The number of rotatable bonds is 4. The zero-order chi connectivity index (χ0) is 6.10. The standard InChI is InChI=1S/C6H10O3.H2O/c1(5-3-8-5)7-2-6-4-9-6;/h5-6H,1-4H2;1H2. The molecule has 4 nitrogen and oxygen atoms in total. The van der Waals surface area contributed by atoms with E-state index in [1.54, 1.807) is 0 Å². The first-order chi connectivity index (χ1) is 4.45. The molecule has 2 saturated heterocycles. The second kappa shape index (κ2) is 3.30. The summed E-state index contributed by atoms with van der Waals surface area (Å²) in [5.74, 6) is 0. The second-order valence-electron chi connectivity index (χ2n) is 2.45. The largest absolute Gasteiger partial charge is 0.412 e. The topological polar surface area (TPSA) is 65.8 Å². The van der Waals surface area contributed by atoms with E-state index in [4.69, 9.17) is 14.2 Å². The minimum absolute atomic E-state index is 0. The maximum atomic E-state index is 5.23. The number of epoxide rings is 2. The van der Waals surface area contributed by atoms with Crippen LogP contribution in [0.25, 0.3) is 0 Å². The van der Waals surface area contributed by atoms with E-state index >= 15 is 0 Å². The molecule has 0 bridgehead atoms. The lowest BCUT2D eigenvalue weighted by molar-refractivity contribution is 0.102. The van der Waals surface area contributed by atoms with Crippen molar-refractivity contribution in [1.29, 1.82) is 0 Å². The fourth-order valence-corrected chi connectivity index (χ4v) is 0.659. The van der Waals surface area contributed by atoms with Crippen molar-refractivity contribution in [3.8, 4) is 0 Å². The van der Waals surface area contributed by atoms with E-state index in [0.717, 1.165) is 26.4 Å². The highest BCUT2D eigenvalue weighted by Crippen LogP contribution is 2.12. The molecular formula is C6H12O4. The molecule has 2 N–H and O–H groups in total. The van der Waals surface area contributed by atoms with Crippen molar-refractivity contribution in [2.24, 2.45) is 0 Å². The van der Waals surface area contributed by atoms with Crippen molar-refractivity contribution in [1.82, 2.24) is 0 Å². The van der Waals surface area contributed by atoms with E-state index in [1.807, 2.05) is 0 Å². The van der Waals surface area contributed by atoms with Gasteiger partial charge in [-0.2, -0.15) is 0 Å². The lowest BCUT2D eigenvalue weighted by Crippen LogP contribution is -2.06. The maximum absolute atomic E-state index is 5.23. The molecule has 2 atom stereocenters. The molecule has 0 aliphatic carbocycles. The fourth-order valence-electron chi connectivity index (χ4n) is 0.659. The summed E-state index contributed by atoms with van der Waals surface area (Å²) < 4.78 is 15.1. The summed E-state index contributed by atoms with van der Waals surface area (Å²) in [6.07, 6.45) is 0.785. The maximum Gasteiger partial charge on any atom is 0.104 e. The van der Waals surface area contributed by atoms with Crippen molar-refractivity contribution < 1.29 is 19.7 Å². The van der Waals surface area contributed by atoms with Gasteiger partial charge in [0.1, 0.15) is 12.2 Å². The third-order valence-electron chi connectivity index (χ3n) is 1.41. The first kappa shape index (κ1) is 7.94. The van der Waals surface area contributed by atoms with Gasteiger partial charge in [-0.3, -0.25) is 0 Å². The Bertz CT molecular complexity index is 85.9. The van der Waals surface area contributed by atoms with Gasteiger partial charge in [0, 0.05) is 0 Å². The van der Waals surface area contributed by atoms with Crippen molar-refractivity contribution in [3.63, 3.8) is 0 Å². The monoisotopic (exact) mass is 148 g/mol. The van der Waals surface area contributed by atoms with E-state index in [2.05, 4.69) is 0 Å². The van der Waals surface area contributed by atoms with Crippen molar-refractivity contribution in [2.45, 2.75) is 12.2 Å². The smallest absolute Gasteiger partial charge is 0.104 e. The molecule has 2 unspecified atom stereocenters. The Balaban J connectivity index is 0.000000500. The van der Waals surface area contributed by atoms with E-state index in [1.165, 1.54) is 0 Å². The summed E-state index contributed by atoms with van der Waals surface area (Å²) >= 11 is 0. The Morgan fingerprint density at radius 1 is 1.10 bits per heavy atom. The number of ether oxygens (including phenoxy) is 3. The van der Waals surface area contributed by atoms with Gasteiger partial charge in [0.15, 0.2) is 0 Å². The molecule has 0 amide bonds. The molecule has 0 aromatic carbocycles. The van der Waals surface area contributed by atoms with Crippen LogP contribution in [-0.2, 0) is 14.2 Å². The summed E-state index contributed by atoms with van der Waals surface area (Å²) in [5, 5.41) is 0. The van der Waals surface area contributed by atoms with Gasteiger partial charge < -0.3 is 19.7 Å². The van der Waals surface area contributed by atoms with Gasteiger partial charge in [-0.05, 0) is 0 Å². The van der Waals surface area contributed by atoms with Crippen LogP contribution in [0.15, 0.2) is 0 Å². The Morgan fingerprint density at radius 2 is 1.50 bits per heavy atom. The van der Waals surface area contributed by atoms with Crippen LogP contribution in [0.4, 0.5) is 0 Å². The lowest BCUT2D eigenvalue weighted by Gasteiger charge is -1.95. The van der Waals surface area contributed by atoms with Crippen molar-refractivity contribution in [2.75, 3.05) is 26.4 Å². The van der Waals surface area contributed by atoms with Gasteiger partial charge in [0.25, 0.3) is 0 Å². The zero-order valence-corrected chi connectivity index (χ0v) is 5.71. The van der Waals surface area contributed by atoms with Crippen LogP contribution in [-0.4, -0.2) is 44.1 Å². The van der Waals surface area contributed by atoms with E-state index in [-0.39, 0.29) is 5.48 Å². The minimum Gasteiger partial charge on any atom is -0.412 e. The number of hydrogen-bond acceptors (Lipinski definition) is 3. The molecule has 2 rings (SSSR count). The van der Waals surface area contributed by atoms with Crippen LogP contribution >= 0.6 is 0 Å². The SMILES string of the molecule is C(OCC1CO1)C1CO1.O. The third kappa shape index (κ3) is 2.62. The Labute approximate surface area is 59.4 Å². The highest BCUT2D eigenvalue weighted by atomic mass is 16.6. The minimum atomic E-state index is 0. The van der Waals surface area contributed by atoms with Crippen LogP contribution < -0.4 is 0 Å². The van der Waals surface area contributed by atoms with Crippen molar-refractivity contribution in [3.05, 3.63) is 0 Å². The third-order valence-corrected chi connectivity index (χ3v) is 1.41. The van der Waals surface area contributed by atoms with Gasteiger partial charge in [0.05, 0.1) is 26.4 Å². The molecule has 2 heterocycles. The fraction of sp³-hybridized carbons (Fsp3) is 1.00. The molecule has 0 aromatic rings. The Kier molecular flexibility index (Phi) is 2.62. The molecule has 0 aromatic heterocycles. The van der Waals surface area contributed by atoms with Gasteiger partial charge >= 0.3 is 0 Å². The first-order valence-corrected chi connectivity index (χ1v) is 3.26. The average Bonchev–Trinajstić information content (AvgIpc) is 2.57. The van der Waals surface area contributed by atoms with E-state index < -0.39 is 0 Å². The molecule has 2 aliphatic heterocycles. The number of hydrogen-bond donors (Lipinski definition) is 0. The zero-order valence-electron chi connectivity index (χ0n) is 5.71. The predicted molar refractivity (Wildman–Crippen MR) is 33.9 cm³/mol. The van der Waals surface area contributed by atoms with Crippen LogP contribution in [0.1, 0.15) is 0 Å². The quantitative estimate of drug-likeness (QED) is 0.479. The summed E-state index contributed by atoms with van der Waals surface area (Å²) in [6.45, 7) is 3.26. The average molecular weight is 148 g/mol. The summed E-state index contributed by atoms with van der Waals surface area (Å²) in [7, 11) is 0. The second-order valence-corrected chi connectivity index (χ2v) is 2.45. The molecule has 4 heteroatoms. The van der Waals surface area contributed by atoms with Crippen LogP contribution in [0.5, 0.6) is 0 Å². The van der Waals surface area contributed by atoms with Crippen LogP contribution in [0, 0.1) is 0 Å². The Hall–Kier alpha value is -0.160. The summed E-state index contributed by atoms with van der Waals surface area (Å²) in [6, 6.07) is 0. The lowest BCUT2D eigenvalue weighted by atomic mass is 10.5. The van der Waals surface area contributed by atoms with Gasteiger partial charge in [-0.15, -0.1) is 0 Å². The Morgan fingerprint density at radius 3 is 1.80 bits per heavy atom. The predicted octanol–water partition coefficient (Wildman–Crippen LogP) is -1.02. The molecule has 0 radical (unpaired) electrons. The summed E-state index contributed by atoms with van der Waals surface area (Å²) in [5.41, 5.74) is 0. The highest BCUT2D eigenvalue weighted by Gasteiger charge is 2.26. The first-order valence-electron chi connectivity index (χ1n) is 3.26. The van der Waals surface area contributed by atoms with Crippen LogP contribution in [0.2, 0.25) is 0 Å². The molecule has 2 fully saturated rings. The summed E-state index contributed by atoms with van der Waals surface area (Å²) in [4.78, 5) is 0. The molecule has 2 aliphatic rings. The van der Waals surface area contributed by atoms with Gasteiger partial charge in [-0.1, -0.05) is 0 Å². The highest BCUT2D eigenvalue weighted by molar-refractivity contribution is 4.71. The van der Waals surface area contributed by atoms with E-state index in [9.17, 15) is 0 Å². The molecule has 0 spiro atoms. The molecular weight excluding hydrogens is 136 g/mol. The van der Waals surface area contributed by atoms with Crippen LogP contribution in [0.3, 0.4) is 0 Å².